The van der Waals surface area contributed by atoms with Crippen LogP contribution in [0.3, 0.4) is 0 Å². The molecule has 0 aromatic carbocycles. The first-order valence-electron chi connectivity index (χ1n) is 3.75. The van der Waals surface area contributed by atoms with Gasteiger partial charge in [-0.05, 0) is 31.7 Å². The van der Waals surface area contributed by atoms with Crippen LogP contribution in [-0.2, 0) is 0 Å². The van der Waals surface area contributed by atoms with Crippen molar-refractivity contribution in [1.82, 2.24) is 0 Å². The summed E-state index contributed by atoms with van der Waals surface area (Å²) in [5, 5.41) is 0. The minimum Gasteiger partial charge on any atom is -0.264 e. The Morgan fingerprint density at radius 2 is 2.18 bits per heavy atom. The average molecular weight is 149 g/mol. The van der Waals surface area contributed by atoms with Gasteiger partial charge in [0.25, 0.3) is 0 Å². The molecule has 0 bridgehead atoms. The zero-order valence-corrected chi connectivity index (χ0v) is 7.30. The summed E-state index contributed by atoms with van der Waals surface area (Å²) in [5.74, 6) is 0. The smallest absolute Gasteiger partial charge is 0.0650 e. The molecule has 0 unspecified atom stereocenters. The van der Waals surface area contributed by atoms with Gasteiger partial charge in [0.15, 0.2) is 0 Å². The van der Waals surface area contributed by atoms with Gasteiger partial charge in [-0.2, -0.15) is 0 Å². The van der Waals surface area contributed by atoms with Crippen molar-refractivity contribution in [3.8, 4) is 0 Å². The molecule has 0 aliphatic carbocycles. The lowest BCUT2D eigenvalue weighted by atomic mass is 10.1. The number of allylic oxidation sites excluding steroid dienone is 4. The van der Waals surface area contributed by atoms with Crippen LogP contribution in [0.15, 0.2) is 41.1 Å². The predicted molar refractivity (Wildman–Crippen MR) is 51.9 cm³/mol. The normalized spacial score (nSPS) is 12.9. The van der Waals surface area contributed by atoms with Gasteiger partial charge in [0.2, 0.25) is 0 Å². The predicted octanol–water partition coefficient (Wildman–Crippen LogP) is 3.11. The van der Waals surface area contributed by atoms with Crippen LogP contribution in [0.1, 0.15) is 20.3 Å². The Balaban J connectivity index is 4.61. The van der Waals surface area contributed by atoms with Crippen LogP contribution in [0.25, 0.3) is 0 Å². The van der Waals surface area contributed by atoms with E-state index < -0.39 is 0 Å². The molecule has 0 rings (SSSR count). The summed E-state index contributed by atoms with van der Waals surface area (Å²) in [5.41, 5.74) is 2.13. The molecule has 1 nitrogen and oxygen atoms in total. The fourth-order valence-corrected chi connectivity index (χ4v) is 0.906. The largest absolute Gasteiger partial charge is 0.264 e. The summed E-state index contributed by atoms with van der Waals surface area (Å²) >= 11 is 0. The van der Waals surface area contributed by atoms with E-state index in [2.05, 4.69) is 25.2 Å². The number of rotatable bonds is 4. The molecule has 0 amide bonds. The minimum absolute atomic E-state index is 0.921. The van der Waals surface area contributed by atoms with E-state index in [0.717, 1.165) is 12.1 Å². The molecule has 0 aromatic heterocycles. The highest BCUT2D eigenvalue weighted by atomic mass is 14.7. The van der Waals surface area contributed by atoms with Crippen LogP contribution in [0.2, 0.25) is 0 Å². The first-order valence-corrected chi connectivity index (χ1v) is 3.75. The Morgan fingerprint density at radius 1 is 1.55 bits per heavy atom. The molecule has 60 valence electrons. The molecular weight excluding hydrogens is 134 g/mol. The van der Waals surface area contributed by atoms with Crippen molar-refractivity contribution in [2.75, 3.05) is 0 Å². The molecule has 0 fully saturated rings. The quantitative estimate of drug-likeness (QED) is 0.430. The van der Waals surface area contributed by atoms with Gasteiger partial charge in [0.05, 0.1) is 5.70 Å². The Hall–Kier alpha value is -1.11. The maximum Gasteiger partial charge on any atom is 0.0650 e. The summed E-state index contributed by atoms with van der Waals surface area (Å²) in [6, 6.07) is 0. The molecule has 0 atom stereocenters. The van der Waals surface area contributed by atoms with Crippen molar-refractivity contribution in [3.63, 3.8) is 0 Å². The van der Waals surface area contributed by atoms with Gasteiger partial charge >= 0.3 is 0 Å². The summed E-state index contributed by atoms with van der Waals surface area (Å²) in [7, 11) is 0. The van der Waals surface area contributed by atoms with Gasteiger partial charge in [0, 0.05) is 0 Å². The Kier molecular flexibility index (Phi) is 5.09. The minimum atomic E-state index is 0.921. The van der Waals surface area contributed by atoms with E-state index in [0.29, 0.717) is 0 Å². The molecule has 0 spiro atoms. The summed E-state index contributed by atoms with van der Waals surface area (Å²) < 4.78 is 0. The summed E-state index contributed by atoms with van der Waals surface area (Å²) in [6.45, 7) is 11.2. The third-order valence-corrected chi connectivity index (χ3v) is 1.50. The van der Waals surface area contributed by atoms with Crippen molar-refractivity contribution in [3.05, 3.63) is 36.1 Å². The first kappa shape index (κ1) is 9.89. The molecule has 0 aromatic rings. The molecule has 0 saturated carbocycles. The fraction of sp³-hybridized carbons (Fsp3) is 0.300. The van der Waals surface area contributed by atoms with Crippen LogP contribution in [-0.4, -0.2) is 6.72 Å². The van der Waals surface area contributed by atoms with E-state index >= 15 is 0 Å². The lowest BCUT2D eigenvalue weighted by molar-refractivity contribution is 1.09. The molecule has 0 radical (unpaired) electrons. The van der Waals surface area contributed by atoms with Crippen LogP contribution >= 0.6 is 0 Å². The van der Waals surface area contributed by atoms with Gasteiger partial charge in [-0.25, -0.2) is 0 Å². The molecule has 0 aliphatic heterocycles. The van der Waals surface area contributed by atoms with Crippen molar-refractivity contribution >= 4 is 6.72 Å². The van der Waals surface area contributed by atoms with Gasteiger partial charge in [0.1, 0.15) is 0 Å². The maximum atomic E-state index is 3.89. The second kappa shape index (κ2) is 5.66. The highest BCUT2D eigenvalue weighted by Crippen LogP contribution is 2.13. The zero-order chi connectivity index (χ0) is 8.69. The Morgan fingerprint density at radius 3 is 2.45 bits per heavy atom. The van der Waals surface area contributed by atoms with Crippen LogP contribution < -0.4 is 0 Å². The lowest BCUT2D eigenvalue weighted by Crippen LogP contribution is -1.83. The number of aliphatic imine (C=N–C) groups is 1. The topological polar surface area (TPSA) is 12.4 Å². The second-order valence-corrected chi connectivity index (χ2v) is 2.11. The van der Waals surface area contributed by atoms with E-state index in [4.69, 9.17) is 0 Å². The standard InChI is InChI=1S/C10H15N/c1-5-8-10(11-4)9(6-2)7-3/h5-6,8H,1,4,7H2,2-3H3/b9-6+,10-8-. The second-order valence-electron chi connectivity index (χ2n) is 2.11. The molecule has 11 heavy (non-hydrogen) atoms. The molecular formula is C10H15N. The molecule has 0 N–H and O–H groups in total. The Bertz CT molecular complexity index is 197. The third kappa shape index (κ3) is 2.99. The zero-order valence-electron chi connectivity index (χ0n) is 7.30. The molecule has 0 heterocycles. The van der Waals surface area contributed by atoms with E-state index in [-0.39, 0.29) is 0 Å². The highest BCUT2D eigenvalue weighted by molar-refractivity contribution is 5.39. The van der Waals surface area contributed by atoms with E-state index in [1.54, 1.807) is 6.08 Å². The van der Waals surface area contributed by atoms with E-state index in [1.807, 2.05) is 19.1 Å². The van der Waals surface area contributed by atoms with Crippen LogP contribution in [0.5, 0.6) is 0 Å². The monoisotopic (exact) mass is 149 g/mol. The summed E-state index contributed by atoms with van der Waals surface area (Å²) in [4.78, 5) is 3.89. The SMILES string of the molecule is C=C/C=C(N=C)/C(=C/C)CC. The lowest BCUT2D eigenvalue weighted by Gasteiger charge is -2.01. The van der Waals surface area contributed by atoms with Crippen molar-refractivity contribution in [2.24, 2.45) is 4.99 Å². The maximum absolute atomic E-state index is 3.89. The average Bonchev–Trinajstić information content (AvgIpc) is 2.05. The van der Waals surface area contributed by atoms with E-state index in [9.17, 15) is 0 Å². The summed E-state index contributed by atoms with van der Waals surface area (Å²) in [6.07, 6.45) is 6.62. The van der Waals surface area contributed by atoms with Gasteiger partial charge in [-0.3, -0.25) is 4.99 Å². The van der Waals surface area contributed by atoms with Gasteiger partial charge in [-0.15, -0.1) is 0 Å². The highest BCUT2D eigenvalue weighted by Gasteiger charge is 1.96. The molecule has 0 saturated heterocycles. The van der Waals surface area contributed by atoms with Crippen LogP contribution in [0, 0.1) is 0 Å². The molecule has 0 aliphatic rings. The fourth-order valence-electron chi connectivity index (χ4n) is 0.906. The van der Waals surface area contributed by atoms with Gasteiger partial charge in [-0.1, -0.05) is 25.7 Å². The third-order valence-electron chi connectivity index (χ3n) is 1.50. The van der Waals surface area contributed by atoms with Gasteiger partial charge < -0.3 is 0 Å². The van der Waals surface area contributed by atoms with Crippen molar-refractivity contribution in [1.29, 1.82) is 0 Å². The van der Waals surface area contributed by atoms with Crippen LogP contribution in [0.4, 0.5) is 0 Å². The van der Waals surface area contributed by atoms with Crippen molar-refractivity contribution < 1.29 is 0 Å². The van der Waals surface area contributed by atoms with Crippen molar-refractivity contribution in [2.45, 2.75) is 20.3 Å². The number of hydrogen-bond donors (Lipinski definition) is 0. The first-order chi connectivity index (χ1) is 5.29. The van der Waals surface area contributed by atoms with E-state index in [1.165, 1.54) is 5.57 Å². The Labute approximate surface area is 68.9 Å². The molecule has 1 heteroatoms. The number of nitrogens with zero attached hydrogens (tertiary/aromatic N) is 1. The number of hydrogen-bond acceptors (Lipinski definition) is 1.